The third-order valence-corrected chi connectivity index (χ3v) is 7.17. The lowest BCUT2D eigenvalue weighted by atomic mass is 9.96. The number of ether oxygens (including phenoxy) is 1. The van der Waals surface area contributed by atoms with Crippen LogP contribution in [-0.4, -0.2) is 23.3 Å². The molecule has 2 aliphatic rings. The predicted molar refractivity (Wildman–Crippen MR) is 139 cm³/mol. The van der Waals surface area contributed by atoms with Gasteiger partial charge in [0.1, 0.15) is 0 Å². The fraction of sp³-hybridized carbons (Fsp3) is 0.222. The minimum Gasteiger partial charge on any atom is -0.461 e. The maximum absolute atomic E-state index is 12.9. The zero-order valence-electron chi connectivity index (χ0n) is 19.4. The van der Waals surface area contributed by atoms with Gasteiger partial charge in [0.25, 0.3) is 0 Å². The molecule has 3 aromatic carbocycles. The van der Waals surface area contributed by atoms with Crippen LogP contribution in [0.5, 0.6) is 0 Å². The van der Waals surface area contributed by atoms with Crippen molar-refractivity contribution in [1.82, 2.24) is 0 Å². The number of esters is 1. The molecule has 0 N–H and O–H groups in total. The van der Waals surface area contributed by atoms with Crippen LogP contribution in [0, 0.1) is 6.92 Å². The molecule has 0 bridgehead atoms. The molecule has 2 heterocycles. The summed E-state index contributed by atoms with van der Waals surface area (Å²) in [5.41, 5.74) is 5.99. The van der Waals surface area contributed by atoms with E-state index in [2.05, 4.69) is 26.0 Å². The number of hydrogen-bond acceptors (Lipinski definition) is 7. The molecule has 34 heavy (non-hydrogen) atoms. The van der Waals surface area contributed by atoms with E-state index in [1.807, 2.05) is 76.7 Å². The molecule has 172 valence electrons. The second-order valence-electron chi connectivity index (χ2n) is 8.08. The van der Waals surface area contributed by atoms with Crippen LogP contribution in [0.1, 0.15) is 37.0 Å². The zero-order chi connectivity index (χ0) is 23.7. The molecule has 6 nitrogen and oxygen atoms in total. The number of carbonyl (C=O) groups is 1. The number of rotatable bonds is 5. The molecule has 0 saturated carbocycles. The molecule has 0 aliphatic carbocycles. The molecule has 0 amide bonds. The summed E-state index contributed by atoms with van der Waals surface area (Å²) in [7, 11) is 0. The molecule has 7 heteroatoms. The van der Waals surface area contributed by atoms with Crippen LogP contribution in [0.3, 0.4) is 0 Å². The predicted octanol–water partition coefficient (Wildman–Crippen LogP) is 5.87. The quantitative estimate of drug-likeness (QED) is 0.437. The van der Waals surface area contributed by atoms with Crippen molar-refractivity contribution in [2.75, 3.05) is 16.6 Å². The number of aryl methyl sites for hydroxylation is 1. The van der Waals surface area contributed by atoms with Crippen molar-refractivity contribution in [3.05, 3.63) is 95.6 Å². The molecule has 0 saturated heterocycles. The highest BCUT2D eigenvalue weighted by Gasteiger charge is 2.56. The number of nitrogens with zero attached hydrogens (tertiary/aromatic N) is 4. The van der Waals surface area contributed by atoms with Crippen LogP contribution in [0.25, 0.3) is 0 Å². The number of thioether (sulfide) groups is 1. The molecular weight excluding hydrogens is 444 g/mol. The number of hydrazone groups is 2. The first-order chi connectivity index (χ1) is 16.6. The summed E-state index contributed by atoms with van der Waals surface area (Å²) < 4.78 is 5.36. The fourth-order valence-electron chi connectivity index (χ4n) is 4.29. The normalized spacial score (nSPS) is 19.0. The Hall–Kier alpha value is -3.58. The van der Waals surface area contributed by atoms with E-state index in [1.165, 1.54) is 11.8 Å². The van der Waals surface area contributed by atoms with Gasteiger partial charge >= 0.3 is 5.97 Å². The summed E-state index contributed by atoms with van der Waals surface area (Å²) >= 11 is 1.37. The van der Waals surface area contributed by atoms with E-state index in [1.54, 1.807) is 6.92 Å². The standard InChI is InChI=1S/C27H26N4O2S/c1-4-24-22-13-9-10-14-23(22)27(30(28-24)20-11-7-6-8-12-20)31(21-17-15-19(3)16-18-21)29-25(34-27)26(32)33-5-2/h6-18H,4-5H2,1-3H3. The number of para-hydroxylation sites is 1. The Balaban J connectivity index is 1.79. The van der Waals surface area contributed by atoms with E-state index in [0.717, 1.165) is 40.2 Å². The lowest BCUT2D eigenvalue weighted by Gasteiger charge is -2.47. The number of fused-ring (bicyclic) bond motifs is 2. The van der Waals surface area contributed by atoms with Crippen LogP contribution in [0.15, 0.2) is 89.1 Å². The maximum atomic E-state index is 12.9. The smallest absolute Gasteiger partial charge is 0.365 e. The first kappa shape index (κ1) is 22.2. The average molecular weight is 471 g/mol. The van der Waals surface area contributed by atoms with Gasteiger partial charge < -0.3 is 4.74 Å². The summed E-state index contributed by atoms with van der Waals surface area (Å²) in [5, 5.41) is 14.2. The van der Waals surface area contributed by atoms with Crippen molar-refractivity contribution in [2.24, 2.45) is 10.2 Å². The monoisotopic (exact) mass is 470 g/mol. The van der Waals surface area contributed by atoms with Crippen LogP contribution in [-0.2, 0) is 14.5 Å². The molecule has 1 atom stereocenters. The van der Waals surface area contributed by atoms with E-state index < -0.39 is 11.0 Å². The van der Waals surface area contributed by atoms with Crippen LogP contribution in [0.4, 0.5) is 11.4 Å². The molecule has 0 radical (unpaired) electrons. The lowest BCUT2D eigenvalue weighted by molar-refractivity contribution is -0.134. The largest absolute Gasteiger partial charge is 0.461 e. The van der Waals surface area contributed by atoms with Crippen molar-refractivity contribution < 1.29 is 9.53 Å². The van der Waals surface area contributed by atoms with E-state index >= 15 is 0 Å². The number of carbonyl (C=O) groups excluding carboxylic acids is 1. The average Bonchev–Trinajstić information content (AvgIpc) is 3.27. The summed E-state index contributed by atoms with van der Waals surface area (Å²) in [4.78, 5) is 12.0. The van der Waals surface area contributed by atoms with E-state index in [0.29, 0.717) is 5.04 Å². The summed E-state index contributed by atoms with van der Waals surface area (Å²) in [6.45, 7) is 6.25. The Labute approximate surface area is 203 Å². The van der Waals surface area contributed by atoms with Gasteiger partial charge in [-0.15, -0.1) is 0 Å². The first-order valence-electron chi connectivity index (χ1n) is 11.4. The van der Waals surface area contributed by atoms with Crippen molar-refractivity contribution in [3.8, 4) is 0 Å². The number of anilines is 2. The van der Waals surface area contributed by atoms with Crippen molar-refractivity contribution in [3.63, 3.8) is 0 Å². The molecule has 3 aromatic rings. The SMILES string of the molecule is CCOC(=O)C1=NN(c2ccc(C)cc2)C2(S1)c1ccccc1C(CC)=NN2c1ccccc1. The number of hydrogen-bond donors (Lipinski definition) is 0. The molecule has 1 unspecified atom stereocenters. The Morgan fingerprint density at radius 2 is 1.53 bits per heavy atom. The van der Waals surface area contributed by atoms with Gasteiger partial charge in [-0.3, -0.25) is 0 Å². The first-order valence-corrected chi connectivity index (χ1v) is 12.2. The van der Waals surface area contributed by atoms with E-state index in [-0.39, 0.29) is 6.61 Å². The van der Waals surface area contributed by atoms with Crippen LogP contribution >= 0.6 is 11.8 Å². The van der Waals surface area contributed by atoms with Gasteiger partial charge in [0, 0.05) is 11.1 Å². The highest BCUT2D eigenvalue weighted by atomic mass is 32.2. The molecule has 0 fully saturated rings. The third kappa shape index (κ3) is 3.56. The third-order valence-electron chi connectivity index (χ3n) is 5.88. The molecular formula is C27H26N4O2S. The zero-order valence-corrected chi connectivity index (χ0v) is 20.2. The van der Waals surface area contributed by atoms with Gasteiger partial charge in [0.2, 0.25) is 10.0 Å². The molecule has 0 aromatic heterocycles. The maximum Gasteiger partial charge on any atom is 0.365 e. The molecule has 5 rings (SSSR count). The lowest BCUT2D eigenvalue weighted by Crippen LogP contribution is -2.54. The highest BCUT2D eigenvalue weighted by Crippen LogP contribution is 2.54. The van der Waals surface area contributed by atoms with Crippen molar-refractivity contribution in [2.45, 2.75) is 32.2 Å². The Bertz CT molecular complexity index is 1270. The second-order valence-corrected chi connectivity index (χ2v) is 9.24. The second kappa shape index (κ2) is 8.99. The van der Waals surface area contributed by atoms with Gasteiger partial charge in [-0.25, -0.2) is 14.8 Å². The van der Waals surface area contributed by atoms with Gasteiger partial charge in [0.15, 0.2) is 0 Å². The highest BCUT2D eigenvalue weighted by molar-refractivity contribution is 8.16. The minimum atomic E-state index is -0.937. The topological polar surface area (TPSA) is 57.5 Å². The van der Waals surface area contributed by atoms with Gasteiger partial charge in [-0.1, -0.05) is 67.1 Å². The Morgan fingerprint density at radius 1 is 0.882 bits per heavy atom. The van der Waals surface area contributed by atoms with Gasteiger partial charge in [-0.05, 0) is 56.3 Å². The minimum absolute atomic E-state index is 0.285. The Morgan fingerprint density at radius 3 is 2.24 bits per heavy atom. The number of benzene rings is 3. The summed E-state index contributed by atoms with van der Waals surface area (Å²) in [6, 6.07) is 26.4. The van der Waals surface area contributed by atoms with Crippen molar-refractivity contribution >= 4 is 39.9 Å². The van der Waals surface area contributed by atoms with Gasteiger partial charge in [-0.2, -0.15) is 10.2 Å². The summed E-state index contributed by atoms with van der Waals surface area (Å²) in [5.74, 6) is -0.433. The van der Waals surface area contributed by atoms with E-state index in [4.69, 9.17) is 14.9 Å². The molecule has 1 spiro atoms. The summed E-state index contributed by atoms with van der Waals surface area (Å²) in [6.07, 6.45) is 0.775. The van der Waals surface area contributed by atoms with Crippen LogP contribution in [0.2, 0.25) is 0 Å². The van der Waals surface area contributed by atoms with E-state index in [9.17, 15) is 4.79 Å². The van der Waals surface area contributed by atoms with Crippen LogP contribution < -0.4 is 10.0 Å². The van der Waals surface area contributed by atoms with Gasteiger partial charge in [0.05, 0.1) is 23.7 Å². The fourth-order valence-corrected chi connectivity index (χ4v) is 5.58. The van der Waals surface area contributed by atoms with Crippen molar-refractivity contribution in [1.29, 1.82) is 0 Å². The Kier molecular flexibility index (Phi) is 5.87. The molecule has 2 aliphatic heterocycles.